The van der Waals surface area contributed by atoms with Crippen molar-refractivity contribution in [2.45, 2.75) is 39.8 Å². The Morgan fingerprint density at radius 3 is 2.38 bits per heavy atom. The van der Waals surface area contributed by atoms with Gasteiger partial charge in [0, 0.05) is 13.1 Å². The fourth-order valence-corrected chi connectivity index (χ4v) is 4.25. The molecule has 0 fully saturated rings. The van der Waals surface area contributed by atoms with E-state index < -0.39 is 6.04 Å². The van der Waals surface area contributed by atoms with Crippen LogP contribution in [0.2, 0.25) is 0 Å². The van der Waals surface area contributed by atoms with E-state index in [4.69, 9.17) is 4.98 Å². The first-order chi connectivity index (χ1) is 16.5. The molecule has 0 saturated carbocycles. The molecule has 0 bridgehead atoms. The lowest BCUT2D eigenvalue weighted by molar-refractivity contribution is 0.172. The van der Waals surface area contributed by atoms with Gasteiger partial charge in [0.2, 0.25) is 0 Å². The molecular weight excluding hydrogens is 424 g/mol. The largest absolute Gasteiger partial charge is 0.338 e. The maximum absolute atomic E-state index is 13.8. The number of aryl methyl sites for hydroxylation is 1. The predicted octanol–water partition coefficient (Wildman–Crippen LogP) is 5.24. The third-order valence-electron chi connectivity index (χ3n) is 6.04. The number of carbonyl (C=O) groups is 1. The van der Waals surface area contributed by atoms with Crippen molar-refractivity contribution in [2.24, 2.45) is 0 Å². The van der Waals surface area contributed by atoms with Gasteiger partial charge in [-0.05, 0) is 49.6 Å². The van der Waals surface area contributed by atoms with Gasteiger partial charge in [0.25, 0.3) is 5.56 Å². The van der Waals surface area contributed by atoms with Gasteiger partial charge in [-0.15, -0.1) is 0 Å². The van der Waals surface area contributed by atoms with E-state index in [0.29, 0.717) is 29.8 Å². The first-order valence-electron chi connectivity index (χ1n) is 11.7. The fraction of sp³-hybridized carbons (Fsp3) is 0.250. The van der Waals surface area contributed by atoms with Gasteiger partial charge in [0.15, 0.2) is 0 Å². The first kappa shape index (κ1) is 23.2. The zero-order chi connectivity index (χ0) is 24.1. The highest BCUT2D eigenvalue weighted by atomic mass is 16.2. The maximum Gasteiger partial charge on any atom is 0.318 e. The Kier molecular flexibility index (Phi) is 7.07. The van der Waals surface area contributed by atoms with Crippen LogP contribution in [0.4, 0.5) is 4.79 Å². The number of benzene rings is 3. The van der Waals surface area contributed by atoms with Crippen LogP contribution >= 0.6 is 0 Å². The van der Waals surface area contributed by atoms with Crippen molar-refractivity contribution in [1.29, 1.82) is 0 Å². The average molecular weight is 455 g/mol. The molecule has 0 aliphatic rings. The lowest BCUT2D eigenvalue weighted by atomic mass is 10.1. The standard InChI is InChI=1S/C28H30N4O2/c1-4-22-15-9-12-18-25(22)32-26(30-24-17-11-10-16-23(24)27(32)33)20(3)31(28(34)29-5-2)19-21-13-7-6-8-14-21/h6-18,20H,4-5,19H2,1-3H3,(H,29,34). The van der Waals surface area contributed by atoms with E-state index >= 15 is 0 Å². The monoisotopic (exact) mass is 454 g/mol. The van der Waals surface area contributed by atoms with Gasteiger partial charge in [-0.25, -0.2) is 9.78 Å². The number of fused-ring (bicyclic) bond motifs is 1. The summed E-state index contributed by atoms with van der Waals surface area (Å²) in [5.74, 6) is 0.534. The minimum atomic E-state index is -0.464. The molecule has 4 rings (SSSR count). The lowest BCUT2D eigenvalue weighted by Crippen LogP contribution is -2.42. The van der Waals surface area contributed by atoms with Gasteiger partial charge in [-0.1, -0.05) is 67.6 Å². The number of amides is 2. The molecule has 34 heavy (non-hydrogen) atoms. The molecule has 1 atom stereocenters. The van der Waals surface area contributed by atoms with Gasteiger partial charge in [-0.2, -0.15) is 0 Å². The van der Waals surface area contributed by atoms with E-state index in [1.54, 1.807) is 15.5 Å². The van der Waals surface area contributed by atoms with Crippen molar-refractivity contribution in [2.75, 3.05) is 6.54 Å². The van der Waals surface area contributed by atoms with Crippen molar-refractivity contribution in [3.05, 3.63) is 106 Å². The number of aromatic nitrogens is 2. The number of para-hydroxylation sites is 2. The van der Waals surface area contributed by atoms with Crippen LogP contribution in [0.5, 0.6) is 0 Å². The first-order valence-corrected chi connectivity index (χ1v) is 11.7. The summed E-state index contributed by atoms with van der Waals surface area (Å²) in [6.45, 7) is 6.79. The van der Waals surface area contributed by atoms with Crippen LogP contribution in [0.3, 0.4) is 0 Å². The van der Waals surface area contributed by atoms with Crippen LogP contribution in [0.25, 0.3) is 16.6 Å². The Labute approximate surface area is 199 Å². The van der Waals surface area contributed by atoms with E-state index in [1.165, 1.54) is 0 Å². The van der Waals surface area contributed by atoms with Gasteiger partial charge < -0.3 is 10.2 Å². The highest BCUT2D eigenvalue weighted by Crippen LogP contribution is 2.26. The maximum atomic E-state index is 13.8. The molecule has 2 amide bonds. The topological polar surface area (TPSA) is 67.2 Å². The van der Waals surface area contributed by atoms with Crippen LogP contribution in [-0.2, 0) is 13.0 Å². The molecule has 0 spiro atoms. The summed E-state index contributed by atoms with van der Waals surface area (Å²) in [4.78, 5) is 33.7. The summed E-state index contributed by atoms with van der Waals surface area (Å²) < 4.78 is 1.68. The number of nitrogens with zero attached hydrogens (tertiary/aromatic N) is 3. The van der Waals surface area contributed by atoms with Crippen molar-refractivity contribution in [3.63, 3.8) is 0 Å². The average Bonchev–Trinajstić information content (AvgIpc) is 2.87. The molecular formula is C28H30N4O2. The number of hydrogen-bond donors (Lipinski definition) is 1. The number of urea groups is 1. The summed E-state index contributed by atoms with van der Waals surface area (Å²) in [5, 5.41) is 3.47. The zero-order valence-electron chi connectivity index (χ0n) is 19.9. The predicted molar refractivity (Wildman–Crippen MR) is 136 cm³/mol. The number of rotatable bonds is 7. The third kappa shape index (κ3) is 4.57. The van der Waals surface area contributed by atoms with Crippen molar-refractivity contribution in [3.8, 4) is 5.69 Å². The number of carbonyl (C=O) groups excluding carboxylic acids is 1. The SMILES string of the molecule is CCNC(=O)N(Cc1ccccc1)C(C)c1nc2ccccc2c(=O)n1-c1ccccc1CC. The van der Waals surface area contributed by atoms with Crippen LogP contribution in [0.1, 0.15) is 43.8 Å². The summed E-state index contributed by atoms with van der Waals surface area (Å²) in [6.07, 6.45) is 0.771. The van der Waals surface area contributed by atoms with Crippen molar-refractivity contribution < 1.29 is 4.79 Å². The lowest BCUT2D eigenvalue weighted by Gasteiger charge is -2.31. The molecule has 6 nitrogen and oxygen atoms in total. The molecule has 0 radical (unpaired) electrons. The highest BCUT2D eigenvalue weighted by molar-refractivity contribution is 5.78. The summed E-state index contributed by atoms with van der Waals surface area (Å²) in [6, 6.07) is 24.4. The van der Waals surface area contributed by atoms with Gasteiger partial charge in [0.05, 0.1) is 22.6 Å². The molecule has 0 saturated heterocycles. The molecule has 6 heteroatoms. The molecule has 3 aromatic carbocycles. The van der Waals surface area contributed by atoms with Crippen molar-refractivity contribution in [1.82, 2.24) is 19.8 Å². The van der Waals surface area contributed by atoms with Gasteiger partial charge in [-0.3, -0.25) is 9.36 Å². The van der Waals surface area contributed by atoms with E-state index in [2.05, 4.69) is 12.2 Å². The molecule has 1 N–H and O–H groups in total. The van der Waals surface area contributed by atoms with E-state index in [9.17, 15) is 9.59 Å². The summed E-state index contributed by atoms with van der Waals surface area (Å²) in [7, 11) is 0. The Bertz CT molecular complexity index is 1350. The fourth-order valence-electron chi connectivity index (χ4n) is 4.25. The Morgan fingerprint density at radius 1 is 0.971 bits per heavy atom. The second-order valence-corrected chi connectivity index (χ2v) is 8.23. The third-order valence-corrected chi connectivity index (χ3v) is 6.04. The highest BCUT2D eigenvalue weighted by Gasteiger charge is 2.27. The second-order valence-electron chi connectivity index (χ2n) is 8.23. The molecule has 0 aliphatic carbocycles. The van der Waals surface area contributed by atoms with Crippen molar-refractivity contribution >= 4 is 16.9 Å². The quantitative estimate of drug-likeness (QED) is 0.415. The molecule has 1 heterocycles. The molecule has 1 unspecified atom stereocenters. The zero-order valence-corrected chi connectivity index (χ0v) is 19.9. The summed E-state index contributed by atoms with van der Waals surface area (Å²) >= 11 is 0. The van der Waals surface area contributed by atoms with Crippen LogP contribution < -0.4 is 10.9 Å². The second kappa shape index (κ2) is 10.3. The van der Waals surface area contributed by atoms with Gasteiger partial charge in [0.1, 0.15) is 5.82 Å². The van der Waals surface area contributed by atoms with E-state index in [0.717, 1.165) is 23.2 Å². The van der Waals surface area contributed by atoms with E-state index in [1.807, 2.05) is 86.6 Å². The Balaban J connectivity index is 1.93. The normalized spacial score (nSPS) is 11.9. The Morgan fingerprint density at radius 2 is 1.65 bits per heavy atom. The molecule has 174 valence electrons. The van der Waals surface area contributed by atoms with E-state index in [-0.39, 0.29) is 11.6 Å². The van der Waals surface area contributed by atoms with Crippen LogP contribution in [0, 0.1) is 0 Å². The number of hydrogen-bond acceptors (Lipinski definition) is 3. The van der Waals surface area contributed by atoms with Gasteiger partial charge >= 0.3 is 6.03 Å². The van der Waals surface area contributed by atoms with Crippen LogP contribution in [0.15, 0.2) is 83.7 Å². The number of nitrogens with one attached hydrogen (secondary N) is 1. The van der Waals surface area contributed by atoms with Crippen LogP contribution in [-0.4, -0.2) is 27.0 Å². The minimum Gasteiger partial charge on any atom is -0.338 e. The Hall–Kier alpha value is -3.93. The summed E-state index contributed by atoms with van der Waals surface area (Å²) in [5.41, 5.74) is 3.33. The molecule has 1 aromatic heterocycles. The minimum absolute atomic E-state index is 0.135. The smallest absolute Gasteiger partial charge is 0.318 e. The molecule has 4 aromatic rings. The molecule has 0 aliphatic heterocycles.